The second-order valence-corrected chi connectivity index (χ2v) is 8.68. The van der Waals surface area contributed by atoms with Crippen LogP contribution in [0.1, 0.15) is 57.1 Å². The standard InChI is InChI=1S/C21H32N2O.ClH/c1-15-5-7-17(8-6-15)21(2,3)14-23(4)20(24)13-16-11-18-9-10-19(12-16)22-18;/h5-8,16,18-19,22H,9-14H2,1-4H3;1H. The van der Waals surface area contributed by atoms with Gasteiger partial charge in [-0.25, -0.2) is 0 Å². The lowest BCUT2D eigenvalue weighted by molar-refractivity contribution is -0.131. The Morgan fingerprint density at radius 1 is 1.16 bits per heavy atom. The molecule has 2 fully saturated rings. The number of hydrogen-bond acceptors (Lipinski definition) is 2. The van der Waals surface area contributed by atoms with E-state index in [1.807, 2.05) is 11.9 Å². The van der Waals surface area contributed by atoms with Crippen molar-refractivity contribution in [3.8, 4) is 0 Å². The number of nitrogens with one attached hydrogen (secondary N) is 1. The van der Waals surface area contributed by atoms with Crippen LogP contribution in [0.5, 0.6) is 0 Å². The summed E-state index contributed by atoms with van der Waals surface area (Å²) < 4.78 is 0. The molecule has 4 heteroatoms. The van der Waals surface area contributed by atoms with Gasteiger partial charge in [-0.1, -0.05) is 43.7 Å². The second kappa shape index (κ2) is 8.09. The van der Waals surface area contributed by atoms with Crippen molar-refractivity contribution in [2.75, 3.05) is 13.6 Å². The molecule has 2 unspecified atom stereocenters. The van der Waals surface area contributed by atoms with Crippen LogP contribution in [0.3, 0.4) is 0 Å². The number of piperidine rings is 1. The van der Waals surface area contributed by atoms with Crippen molar-refractivity contribution in [1.29, 1.82) is 0 Å². The molecule has 2 aliphatic rings. The molecule has 2 heterocycles. The number of nitrogens with zero attached hydrogens (tertiary/aromatic N) is 1. The zero-order valence-corrected chi connectivity index (χ0v) is 16.9. The largest absolute Gasteiger partial charge is 0.345 e. The molecular formula is C21H33ClN2O. The summed E-state index contributed by atoms with van der Waals surface area (Å²) in [6.45, 7) is 7.34. The lowest BCUT2D eigenvalue weighted by atomic mass is 9.83. The van der Waals surface area contributed by atoms with Gasteiger partial charge in [0, 0.05) is 37.5 Å². The highest BCUT2D eigenvalue weighted by Gasteiger charge is 2.35. The van der Waals surface area contributed by atoms with Gasteiger partial charge in [0.05, 0.1) is 0 Å². The van der Waals surface area contributed by atoms with Crippen LogP contribution in [0.4, 0.5) is 0 Å². The number of rotatable bonds is 5. The molecule has 25 heavy (non-hydrogen) atoms. The predicted molar refractivity (Wildman–Crippen MR) is 106 cm³/mol. The van der Waals surface area contributed by atoms with Gasteiger partial charge in [0.1, 0.15) is 0 Å². The minimum atomic E-state index is -0.0226. The molecule has 0 spiro atoms. The maximum Gasteiger partial charge on any atom is 0.222 e. The fourth-order valence-electron chi connectivity index (χ4n) is 4.52. The molecule has 1 N–H and O–H groups in total. The van der Waals surface area contributed by atoms with Gasteiger partial charge in [-0.15, -0.1) is 12.4 Å². The highest BCUT2D eigenvalue weighted by atomic mass is 35.5. The number of halogens is 1. The molecule has 140 valence electrons. The molecule has 2 atom stereocenters. The third kappa shape index (κ3) is 4.98. The molecule has 2 saturated heterocycles. The number of hydrogen-bond donors (Lipinski definition) is 1. The first-order valence-electron chi connectivity index (χ1n) is 9.40. The zero-order valence-electron chi connectivity index (χ0n) is 16.0. The van der Waals surface area contributed by atoms with Crippen LogP contribution in [-0.4, -0.2) is 36.5 Å². The van der Waals surface area contributed by atoms with Crippen LogP contribution in [0, 0.1) is 12.8 Å². The SMILES string of the molecule is Cc1ccc(C(C)(C)CN(C)C(=O)CC2CC3CCC(C2)N3)cc1.Cl. The Morgan fingerprint density at radius 3 is 2.28 bits per heavy atom. The monoisotopic (exact) mass is 364 g/mol. The van der Waals surface area contributed by atoms with Gasteiger partial charge >= 0.3 is 0 Å². The summed E-state index contributed by atoms with van der Waals surface area (Å²) in [4.78, 5) is 14.7. The number of carbonyl (C=O) groups is 1. The van der Waals surface area contributed by atoms with Crippen molar-refractivity contribution < 1.29 is 4.79 Å². The average molecular weight is 365 g/mol. The Hall–Kier alpha value is -1.06. The highest BCUT2D eigenvalue weighted by Crippen LogP contribution is 2.33. The van der Waals surface area contributed by atoms with Crippen molar-refractivity contribution in [2.45, 2.75) is 70.4 Å². The maximum atomic E-state index is 12.7. The van der Waals surface area contributed by atoms with Gasteiger partial charge in [-0.05, 0) is 44.1 Å². The van der Waals surface area contributed by atoms with Crippen LogP contribution in [0.2, 0.25) is 0 Å². The van der Waals surface area contributed by atoms with Crippen molar-refractivity contribution in [3.05, 3.63) is 35.4 Å². The van der Waals surface area contributed by atoms with E-state index in [0.29, 0.717) is 23.9 Å². The van der Waals surface area contributed by atoms with Gasteiger partial charge in [0.25, 0.3) is 0 Å². The number of likely N-dealkylation sites (N-methyl/N-ethyl adjacent to an activating group) is 1. The molecule has 0 aliphatic carbocycles. The van der Waals surface area contributed by atoms with Crippen LogP contribution in [-0.2, 0) is 10.2 Å². The summed E-state index contributed by atoms with van der Waals surface area (Å²) in [7, 11) is 1.97. The molecule has 1 aromatic rings. The van der Waals surface area contributed by atoms with E-state index >= 15 is 0 Å². The smallest absolute Gasteiger partial charge is 0.222 e. The van der Waals surface area contributed by atoms with Crippen molar-refractivity contribution >= 4 is 18.3 Å². The van der Waals surface area contributed by atoms with E-state index in [2.05, 4.69) is 50.4 Å². The lowest BCUT2D eigenvalue weighted by Gasteiger charge is -2.33. The zero-order chi connectivity index (χ0) is 17.3. The van der Waals surface area contributed by atoms with Crippen LogP contribution in [0.15, 0.2) is 24.3 Å². The van der Waals surface area contributed by atoms with Gasteiger partial charge < -0.3 is 10.2 Å². The predicted octanol–water partition coefficient (Wildman–Crippen LogP) is 4.07. The molecular weight excluding hydrogens is 332 g/mol. The summed E-state index contributed by atoms with van der Waals surface area (Å²) in [6.07, 6.45) is 5.67. The molecule has 2 bridgehead atoms. The van der Waals surface area contributed by atoms with E-state index < -0.39 is 0 Å². The maximum absolute atomic E-state index is 12.7. The number of fused-ring (bicyclic) bond motifs is 2. The minimum absolute atomic E-state index is 0. The number of benzene rings is 1. The Kier molecular flexibility index (Phi) is 6.56. The van der Waals surface area contributed by atoms with E-state index in [-0.39, 0.29) is 17.8 Å². The van der Waals surface area contributed by atoms with E-state index in [4.69, 9.17) is 0 Å². The van der Waals surface area contributed by atoms with E-state index in [0.717, 1.165) is 13.0 Å². The van der Waals surface area contributed by atoms with Crippen molar-refractivity contribution in [2.24, 2.45) is 5.92 Å². The topological polar surface area (TPSA) is 32.3 Å². The Bertz CT molecular complexity index is 572. The summed E-state index contributed by atoms with van der Waals surface area (Å²) in [5, 5.41) is 3.66. The van der Waals surface area contributed by atoms with Crippen molar-refractivity contribution in [3.63, 3.8) is 0 Å². The summed E-state index contributed by atoms with van der Waals surface area (Å²) in [5.74, 6) is 0.877. The van der Waals surface area contributed by atoms with Crippen LogP contribution < -0.4 is 5.32 Å². The lowest BCUT2D eigenvalue weighted by Crippen LogP contribution is -2.42. The number of carbonyl (C=O) groups excluding carboxylic acids is 1. The second-order valence-electron chi connectivity index (χ2n) is 8.68. The Balaban J connectivity index is 0.00000225. The van der Waals surface area contributed by atoms with E-state index in [9.17, 15) is 4.79 Å². The first-order valence-corrected chi connectivity index (χ1v) is 9.40. The molecule has 3 rings (SSSR count). The summed E-state index contributed by atoms with van der Waals surface area (Å²) in [6, 6.07) is 10.0. The third-order valence-corrected chi connectivity index (χ3v) is 5.93. The Labute approximate surface area is 159 Å². The molecule has 0 aromatic heterocycles. The Morgan fingerprint density at radius 2 is 1.72 bits per heavy atom. The quantitative estimate of drug-likeness (QED) is 0.854. The number of aryl methyl sites for hydroxylation is 1. The van der Waals surface area contributed by atoms with Crippen molar-refractivity contribution in [1.82, 2.24) is 10.2 Å². The average Bonchev–Trinajstić information content (AvgIpc) is 2.86. The van der Waals surface area contributed by atoms with E-state index in [1.165, 1.54) is 36.8 Å². The summed E-state index contributed by atoms with van der Waals surface area (Å²) >= 11 is 0. The highest BCUT2D eigenvalue weighted by molar-refractivity contribution is 5.85. The molecule has 3 nitrogen and oxygen atoms in total. The first-order chi connectivity index (χ1) is 11.3. The van der Waals surface area contributed by atoms with Crippen LogP contribution >= 0.6 is 12.4 Å². The third-order valence-electron chi connectivity index (χ3n) is 5.93. The minimum Gasteiger partial charge on any atom is -0.345 e. The van der Waals surface area contributed by atoms with Crippen LogP contribution in [0.25, 0.3) is 0 Å². The van der Waals surface area contributed by atoms with Gasteiger partial charge in [-0.2, -0.15) is 0 Å². The first kappa shape index (κ1) is 20.3. The summed E-state index contributed by atoms with van der Waals surface area (Å²) in [5.41, 5.74) is 2.55. The fraction of sp³-hybridized carbons (Fsp3) is 0.667. The number of amides is 1. The van der Waals surface area contributed by atoms with Gasteiger partial charge in [0.15, 0.2) is 0 Å². The van der Waals surface area contributed by atoms with Gasteiger partial charge in [0.2, 0.25) is 5.91 Å². The molecule has 0 saturated carbocycles. The fourth-order valence-corrected chi connectivity index (χ4v) is 4.52. The molecule has 1 amide bonds. The normalized spacial score (nSPS) is 25.4. The molecule has 2 aliphatic heterocycles. The van der Waals surface area contributed by atoms with E-state index in [1.54, 1.807) is 0 Å². The molecule has 0 radical (unpaired) electrons. The van der Waals surface area contributed by atoms with Gasteiger partial charge in [-0.3, -0.25) is 4.79 Å². The molecule has 1 aromatic carbocycles.